The monoisotopic (exact) mass is 319 g/mol. The van der Waals surface area contributed by atoms with Gasteiger partial charge in [-0.3, -0.25) is 9.69 Å². The third-order valence-electron chi connectivity index (χ3n) is 5.12. The van der Waals surface area contributed by atoms with E-state index in [1.807, 2.05) is 0 Å². The minimum absolute atomic E-state index is 0.236. The van der Waals surface area contributed by atoms with Gasteiger partial charge in [-0.05, 0) is 52.6 Å². The summed E-state index contributed by atoms with van der Waals surface area (Å²) in [4.78, 5) is 13.7. The lowest BCUT2D eigenvalue weighted by atomic mass is 9.94. The highest BCUT2D eigenvalue weighted by molar-refractivity contribution is 6.02. The zero-order valence-corrected chi connectivity index (χ0v) is 13.6. The summed E-state index contributed by atoms with van der Waals surface area (Å²) in [5, 5.41) is 14.4. The number of hydrogen-bond donors (Lipinski definition) is 1. The maximum Gasteiger partial charge on any atom is 0.307 e. The van der Waals surface area contributed by atoms with Crippen molar-refractivity contribution < 1.29 is 9.90 Å². The molecule has 0 radical (unpaired) electrons. The van der Waals surface area contributed by atoms with Crippen molar-refractivity contribution in [1.29, 1.82) is 0 Å². The van der Waals surface area contributed by atoms with E-state index in [0.717, 1.165) is 25.9 Å². The molecular formula is C21H21NO2. The first kappa shape index (κ1) is 15.2. The van der Waals surface area contributed by atoms with Gasteiger partial charge in [0, 0.05) is 13.1 Å². The van der Waals surface area contributed by atoms with Gasteiger partial charge in [0.05, 0.1) is 5.92 Å². The summed E-state index contributed by atoms with van der Waals surface area (Å²) in [6.07, 6.45) is 1.75. The Morgan fingerprint density at radius 1 is 1.04 bits per heavy atom. The molecule has 1 atom stereocenters. The molecule has 1 aliphatic heterocycles. The van der Waals surface area contributed by atoms with Crippen LogP contribution in [0.4, 0.5) is 0 Å². The van der Waals surface area contributed by atoms with E-state index in [0.29, 0.717) is 6.54 Å². The predicted octanol–water partition coefficient (Wildman–Crippen LogP) is 4.29. The van der Waals surface area contributed by atoms with E-state index in [1.165, 1.54) is 27.1 Å². The normalized spacial score (nSPS) is 18.9. The van der Waals surface area contributed by atoms with Crippen LogP contribution in [-0.4, -0.2) is 29.1 Å². The van der Waals surface area contributed by atoms with Crippen LogP contribution in [0.3, 0.4) is 0 Å². The van der Waals surface area contributed by atoms with Crippen molar-refractivity contribution in [3.63, 3.8) is 0 Å². The molecule has 4 rings (SSSR count). The van der Waals surface area contributed by atoms with Gasteiger partial charge in [0.25, 0.3) is 0 Å². The zero-order chi connectivity index (χ0) is 16.5. The van der Waals surface area contributed by atoms with Crippen molar-refractivity contribution in [1.82, 2.24) is 4.90 Å². The molecule has 0 bridgehead atoms. The lowest BCUT2D eigenvalue weighted by Crippen LogP contribution is -2.38. The zero-order valence-electron chi connectivity index (χ0n) is 13.6. The molecule has 24 heavy (non-hydrogen) atoms. The Morgan fingerprint density at radius 2 is 1.67 bits per heavy atom. The van der Waals surface area contributed by atoms with Crippen LogP contribution < -0.4 is 0 Å². The van der Waals surface area contributed by atoms with Gasteiger partial charge < -0.3 is 5.11 Å². The van der Waals surface area contributed by atoms with Gasteiger partial charge >= 0.3 is 5.97 Å². The van der Waals surface area contributed by atoms with Crippen molar-refractivity contribution in [3.8, 4) is 0 Å². The first-order valence-corrected chi connectivity index (χ1v) is 8.57. The van der Waals surface area contributed by atoms with E-state index in [-0.39, 0.29) is 5.92 Å². The van der Waals surface area contributed by atoms with Crippen LogP contribution >= 0.6 is 0 Å². The number of carboxylic acid groups (broad SMARTS) is 1. The molecule has 3 aromatic rings. The molecule has 1 saturated heterocycles. The number of benzene rings is 3. The quantitative estimate of drug-likeness (QED) is 0.732. The van der Waals surface area contributed by atoms with Gasteiger partial charge in [0.15, 0.2) is 0 Å². The van der Waals surface area contributed by atoms with Crippen molar-refractivity contribution in [2.75, 3.05) is 13.1 Å². The molecule has 1 aliphatic rings. The highest BCUT2D eigenvalue weighted by atomic mass is 16.4. The minimum Gasteiger partial charge on any atom is -0.481 e. The summed E-state index contributed by atoms with van der Waals surface area (Å²) in [6, 6.07) is 19.2. The molecule has 1 fully saturated rings. The minimum atomic E-state index is -0.664. The summed E-state index contributed by atoms with van der Waals surface area (Å²) in [7, 11) is 0. The van der Waals surface area contributed by atoms with E-state index in [1.54, 1.807) is 0 Å². The lowest BCUT2D eigenvalue weighted by Gasteiger charge is -2.31. The lowest BCUT2D eigenvalue weighted by molar-refractivity contribution is -0.143. The van der Waals surface area contributed by atoms with E-state index in [4.69, 9.17) is 0 Å². The van der Waals surface area contributed by atoms with E-state index in [2.05, 4.69) is 59.5 Å². The fourth-order valence-electron chi connectivity index (χ4n) is 3.90. The first-order chi connectivity index (χ1) is 11.7. The number of carboxylic acids is 1. The van der Waals surface area contributed by atoms with E-state index >= 15 is 0 Å². The molecule has 3 aromatic carbocycles. The van der Waals surface area contributed by atoms with Crippen LogP contribution in [0.25, 0.3) is 21.5 Å². The van der Waals surface area contributed by atoms with E-state index in [9.17, 15) is 9.90 Å². The molecule has 0 aromatic heterocycles. The fraction of sp³-hybridized carbons (Fsp3) is 0.286. The number of fused-ring (bicyclic) bond motifs is 2. The predicted molar refractivity (Wildman–Crippen MR) is 97.1 cm³/mol. The van der Waals surface area contributed by atoms with Gasteiger partial charge in [-0.15, -0.1) is 0 Å². The maximum atomic E-state index is 11.4. The molecule has 0 aliphatic carbocycles. The van der Waals surface area contributed by atoms with Crippen molar-refractivity contribution in [2.45, 2.75) is 19.4 Å². The molecule has 0 amide bonds. The summed E-state index contributed by atoms with van der Waals surface area (Å²) in [6.45, 7) is 2.43. The Labute approximate surface area is 141 Å². The molecule has 3 nitrogen and oxygen atoms in total. The maximum absolute atomic E-state index is 11.4. The molecule has 122 valence electrons. The average Bonchev–Trinajstić information content (AvgIpc) is 2.62. The number of nitrogens with zero attached hydrogens (tertiary/aromatic N) is 1. The Balaban J connectivity index is 1.78. The fourth-order valence-corrected chi connectivity index (χ4v) is 3.90. The van der Waals surface area contributed by atoms with Gasteiger partial charge in [0.1, 0.15) is 0 Å². The largest absolute Gasteiger partial charge is 0.481 e. The number of carbonyl (C=O) groups is 1. The number of hydrogen-bond acceptors (Lipinski definition) is 2. The second kappa shape index (κ2) is 6.25. The van der Waals surface area contributed by atoms with Crippen LogP contribution in [0.1, 0.15) is 18.4 Å². The third-order valence-corrected chi connectivity index (χ3v) is 5.12. The summed E-state index contributed by atoms with van der Waals surface area (Å²) >= 11 is 0. The number of aliphatic carboxylic acids is 1. The second-order valence-corrected chi connectivity index (χ2v) is 6.71. The van der Waals surface area contributed by atoms with Gasteiger partial charge in [-0.1, -0.05) is 48.5 Å². The molecule has 1 N–H and O–H groups in total. The number of likely N-dealkylation sites (tertiary alicyclic amines) is 1. The second-order valence-electron chi connectivity index (χ2n) is 6.71. The third kappa shape index (κ3) is 2.76. The smallest absolute Gasteiger partial charge is 0.307 e. The van der Waals surface area contributed by atoms with Crippen molar-refractivity contribution in [3.05, 3.63) is 60.2 Å². The Morgan fingerprint density at radius 3 is 2.29 bits per heavy atom. The van der Waals surface area contributed by atoms with Crippen molar-refractivity contribution >= 4 is 27.5 Å². The van der Waals surface area contributed by atoms with Gasteiger partial charge in [0.2, 0.25) is 0 Å². The van der Waals surface area contributed by atoms with Crippen molar-refractivity contribution in [2.24, 2.45) is 5.92 Å². The standard InChI is InChI=1S/C21H21NO2/c23-21(24)17-8-5-11-22(13-17)14-20-18-9-3-1-6-15(18)12-16-7-2-4-10-19(16)20/h1-4,6-7,9-10,12,17H,5,8,11,13-14H2,(H,23,24). The van der Waals surface area contributed by atoms with Crippen LogP contribution in [-0.2, 0) is 11.3 Å². The number of piperidine rings is 1. The van der Waals surface area contributed by atoms with E-state index < -0.39 is 5.97 Å². The Hall–Kier alpha value is -2.39. The van der Waals surface area contributed by atoms with Gasteiger partial charge in [-0.25, -0.2) is 0 Å². The summed E-state index contributed by atoms with van der Waals surface area (Å²) < 4.78 is 0. The Bertz CT molecular complexity index is 849. The highest BCUT2D eigenvalue weighted by Crippen LogP contribution is 2.30. The molecule has 0 spiro atoms. The van der Waals surface area contributed by atoms with Crippen LogP contribution in [0.5, 0.6) is 0 Å². The SMILES string of the molecule is O=C(O)C1CCCN(Cc2c3ccccc3cc3ccccc23)C1. The molecular weight excluding hydrogens is 298 g/mol. The molecule has 0 saturated carbocycles. The van der Waals surface area contributed by atoms with Crippen LogP contribution in [0.2, 0.25) is 0 Å². The number of rotatable bonds is 3. The summed E-state index contributed by atoms with van der Waals surface area (Å²) in [5.41, 5.74) is 1.31. The van der Waals surface area contributed by atoms with Crippen LogP contribution in [0, 0.1) is 5.92 Å². The first-order valence-electron chi connectivity index (χ1n) is 8.57. The highest BCUT2D eigenvalue weighted by Gasteiger charge is 2.25. The molecule has 1 heterocycles. The topological polar surface area (TPSA) is 40.5 Å². The summed E-state index contributed by atoms with van der Waals surface area (Å²) in [5.74, 6) is -0.900. The molecule has 1 unspecified atom stereocenters. The average molecular weight is 319 g/mol. The van der Waals surface area contributed by atoms with Gasteiger partial charge in [-0.2, -0.15) is 0 Å². The Kier molecular flexibility index (Phi) is 3.95. The molecule has 3 heteroatoms. The van der Waals surface area contributed by atoms with Crippen LogP contribution in [0.15, 0.2) is 54.6 Å².